The Morgan fingerprint density at radius 3 is 3.14 bits per heavy atom. The van der Waals surface area contributed by atoms with E-state index in [1.807, 2.05) is 18.2 Å². The second kappa shape index (κ2) is 4.58. The van der Waals surface area contributed by atoms with Gasteiger partial charge in [-0.25, -0.2) is 0 Å². The fourth-order valence-electron chi connectivity index (χ4n) is 1.72. The molecule has 2 rings (SSSR count). The lowest BCUT2D eigenvalue weighted by atomic mass is 10.2. The maximum Gasteiger partial charge on any atom is 0.0674 e. The van der Waals surface area contributed by atoms with Gasteiger partial charge in [0.1, 0.15) is 0 Å². The molecule has 0 bridgehead atoms. The van der Waals surface area contributed by atoms with Crippen LogP contribution in [0.15, 0.2) is 30.3 Å². The number of rotatable bonds is 2. The van der Waals surface area contributed by atoms with Crippen molar-refractivity contribution in [3.63, 3.8) is 0 Å². The zero-order valence-corrected chi connectivity index (χ0v) is 8.23. The molecule has 0 saturated carbocycles. The van der Waals surface area contributed by atoms with Crippen LogP contribution in [0.1, 0.15) is 15.2 Å². The summed E-state index contributed by atoms with van der Waals surface area (Å²) in [5.41, 5.74) is 1.27. The van der Waals surface area contributed by atoms with Crippen molar-refractivity contribution in [2.45, 2.75) is 19.5 Å². The van der Waals surface area contributed by atoms with Crippen molar-refractivity contribution in [3.05, 3.63) is 35.9 Å². The van der Waals surface area contributed by atoms with E-state index in [0.717, 1.165) is 13.1 Å². The lowest BCUT2D eigenvalue weighted by Crippen LogP contribution is -2.40. The molecule has 1 atom stereocenters. The van der Waals surface area contributed by atoms with Crippen molar-refractivity contribution < 1.29 is 7.48 Å². The first-order chi connectivity index (χ1) is 7.75. The second-order valence-corrected chi connectivity index (χ2v) is 3.63. The quantitative estimate of drug-likeness (QED) is 0.711. The molecule has 14 heavy (non-hydrogen) atoms. The highest BCUT2D eigenvalue weighted by Crippen LogP contribution is 2.09. The summed E-state index contributed by atoms with van der Waals surface area (Å²) >= 11 is 0. The van der Waals surface area contributed by atoms with E-state index >= 15 is 0 Å². The normalized spacial score (nSPS) is 25.9. The molecule has 0 aliphatic carbocycles. The van der Waals surface area contributed by atoms with Gasteiger partial charge in [-0.1, -0.05) is 30.3 Å². The maximum atomic E-state index is 7.36. The van der Waals surface area contributed by atoms with Gasteiger partial charge in [-0.15, -0.1) is 0 Å². The highest BCUT2D eigenvalue weighted by atomic mass is 16.5. The lowest BCUT2D eigenvalue weighted by Gasteiger charge is -2.31. The summed E-state index contributed by atoms with van der Waals surface area (Å²) in [6.45, 7) is 2.20. The summed E-state index contributed by atoms with van der Waals surface area (Å²) < 4.78 is 20.1. The largest absolute Gasteiger partial charge is 0.376 e. The molecule has 1 fully saturated rings. The first-order valence-electron chi connectivity index (χ1n) is 6.13. The minimum Gasteiger partial charge on any atom is -0.376 e. The Balaban J connectivity index is 1.90. The number of nitrogens with zero attached hydrogens (tertiary/aromatic N) is 1. The van der Waals surface area contributed by atoms with Crippen LogP contribution < -0.4 is 0 Å². The van der Waals surface area contributed by atoms with E-state index < -0.39 is 6.88 Å². The fourth-order valence-corrected chi connectivity index (χ4v) is 1.72. The average Bonchev–Trinajstić information content (AvgIpc) is 2.30. The third kappa shape index (κ3) is 2.56. The molecule has 0 aromatic heterocycles. The van der Waals surface area contributed by atoms with E-state index in [9.17, 15) is 0 Å². The molecule has 0 N–H and O–H groups in total. The molecule has 1 heterocycles. The molecule has 1 aliphatic heterocycles. The Bertz CT molecular complexity index is 318. The van der Waals surface area contributed by atoms with Crippen LogP contribution in [0.3, 0.4) is 0 Å². The number of ether oxygens (including phenoxy) is 1. The van der Waals surface area contributed by atoms with E-state index in [0.29, 0.717) is 13.2 Å². The summed E-state index contributed by atoms with van der Waals surface area (Å²) in [7, 11) is 0. The van der Waals surface area contributed by atoms with Crippen molar-refractivity contribution in [3.8, 4) is 0 Å². The van der Waals surface area contributed by atoms with Gasteiger partial charge in [0.25, 0.3) is 0 Å². The van der Waals surface area contributed by atoms with Crippen LogP contribution in [0.5, 0.6) is 0 Å². The molecule has 76 valence electrons. The third-order valence-corrected chi connectivity index (χ3v) is 2.43. The number of hydrogen-bond donors (Lipinski definition) is 0. The van der Waals surface area contributed by atoms with Crippen molar-refractivity contribution in [2.75, 3.05) is 19.7 Å². The van der Waals surface area contributed by atoms with Gasteiger partial charge >= 0.3 is 0 Å². The number of morpholine rings is 1. The summed E-state index contributed by atoms with van der Waals surface area (Å²) in [6, 6.07) is 10.3. The van der Waals surface area contributed by atoms with Crippen LogP contribution in [0.4, 0.5) is 0 Å². The maximum absolute atomic E-state index is 7.36. The first-order valence-corrected chi connectivity index (χ1v) is 4.98. The average molecular weight is 193 g/mol. The molecule has 0 spiro atoms. The van der Waals surface area contributed by atoms with E-state index in [4.69, 9.17) is 7.48 Å². The lowest BCUT2D eigenvalue weighted by molar-refractivity contribution is -0.0212. The van der Waals surface area contributed by atoms with Crippen LogP contribution in [0.25, 0.3) is 0 Å². The number of hydrogen-bond acceptors (Lipinski definition) is 2. The molecule has 1 unspecified atom stereocenters. The van der Waals surface area contributed by atoms with Crippen LogP contribution in [0.2, 0.25) is 0 Å². The van der Waals surface area contributed by atoms with Crippen molar-refractivity contribution >= 4 is 0 Å². The highest BCUT2D eigenvalue weighted by molar-refractivity contribution is 5.14. The molecule has 2 heteroatoms. The van der Waals surface area contributed by atoms with E-state index in [1.165, 1.54) is 5.56 Å². The predicted molar refractivity (Wildman–Crippen MR) is 57.1 cm³/mol. The molecule has 2 nitrogen and oxygen atoms in total. The monoisotopic (exact) mass is 193 g/mol. The van der Waals surface area contributed by atoms with E-state index in [2.05, 4.69) is 17.0 Å². The van der Waals surface area contributed by atoms with E-state index in [-0.39, 0.29) is 6.10 Å². The molecule has 1 aromatic carbocycles. The molecule has 0 radical (unpaired) electrons. The SMILES string of the molecule is [2H]C([2H])C1CN(Cc2ccccc2)CCO1. The van der Waals surface area contributed by atoms with Gasteiger partial charge < -0.3 is 4.74 Å². The Labute approximate surface area is 88.3 Å². The topological polar surface area (TPSA) is 12.5 Å². The minimum absolute atomic E-state index is 0.266. The molecule has 1 aromatic rings. The summed E-state index contributed by atoms with van der Waals surface area (Å²) in [4.78, 5) is 2.25. The van der Waals surface area contributed by atoms with Gasteiger partial charge in [0, 0.05) is 22.4 Å². The predicted octanol–water partition coefficient (Wildman–Crippen LogP) is 1.91. The van der Waals surface area contributed by atoms with Gasteiger partial charge in [-0.05, 0) is 12.4 Å². The zero-order chi connectivity index (χ0) is 11.4. The second-order valence-electron chi connectivity index (χ2n) is 3.63. The summed E-state index contributed by atoms with van der Waals surface area (Å²) in [5.74, 6) is 0. The Kier molecular flexibility index (Phi) is 2.43. The van der Waals surface area contributed by atoms with E-state index in [1.54, 1.807) is 0 Å². The van der Waals surface area contributed by atoms with Gasteiger partial charge in [0.15, 0.2) is 0 Å². The summed E-state index contributed by atoms with van der Waals surface area (Å²) in [6.07, 6.45) is -0.266. The fraction of sp³-hybridized carbons (Fsp3) is 0.500. The van der Waals surface area contributed by atoms with Gasteiger partial charge in [-0.3, -0.25) is 4.90 Å². The molecular formula is C12H17NO. The minimum atomic E-state index is -0.890. The smallest absolute Gasteiger partial charge is 0.0674 e. The summed E-state index contributed by atoms with van der Waals surface area (Å²) in [5, 5.41) is 0. The molecule has 0 amide bonds. The van der Waals surface area contributed by atoms with Crippen LogP contribution >= 0.6 is 0 Å². The molecule has 1 saturated heterocycles. The van der Waals surface area contributed by atoms with Crippen molar-refractivity contribution in [2.24, 2.45) is 0 Å². The van der Waals surface area contributed by atoms with Gasteiger partial charge in [-0.2, -0.15) is 0 Å². The van der Waals surface area contributed by atoms with Gasteiger partial charge in [0.05, 0.1) is 12.7 Å². The van der Waals surface area contributed by atoms with Crippen LogP contribution in [-0.4, -0.2) is 30.7 Å². The van der Waals surface area contributed by atoms with Crippen LogP contribution in [-0.2, 0) is 11.3 Å². The van der Waals surface area contributed by atoms with Crippen molar-refractivity contribution in [1.82, 2.24) is 4.90 Å². The Morgan fingerprint density at radius 1 is 1.50 bits per heavy atom. The number of benzene rings is 1. The molecule has 1 aliphatic rings. The zero-order valence-electron chi connectivity index (χ0n) is 10.2. The first kappa shape index (κ1) is 7.43. The Hall–Kier alpha value is -0.860. The highest BCUT2D eigenvalue weighted by Gasteiger charge is 2.16. The van der Waals surface area contributed by atoms with Gasteiger partial charge in [0.2, 0.25) is 0 Å². The van der Waals surface area contributed by atoms with Crippen LogP contribution in [0, 0.1) is 0 Å². The Morgan fingerprint density at radius 2 is 2.36 bits per heavy atom. The van der Waals surface area contributed by atoms with Crippen molar-refractivity contribution in [1.29, 1.82) is 0 Å². The third-order valence-electron chi connectivity index (χ3n) is 2.43. The molecular weight excluding hydrogens is 174 g/mol. The standard InChI is InChI=1S/C12H17NO/c1-11-9-13(7-8-14-11)10-12-5-3-2-4-6-12/h2-6,11H,7-10H2,1H3/i1D2.